The van der Waals surface area contributed by atoms with E-state index >= 15 is 0 Å². The molecule has 3 rings (SSSR count). The Kier molecular flexibility index (Phi) is 4.06. The van der Waals surface area contributed by atoms with Crippen LogP contribution in [0.3, 0.4) is 0 Å². The summed E-state index contributed by atoms with van der Waals surface area (Å²) in [5.41, 5.74) is 4.85. The van der Waals surface area contributed by atoms with Crippen LogP contribution in [0, 0.1) is 13.8 Å². The first-order valence-electron chi connectivity index (χ1n) is 7.58. The first-order chi connectivity index (χ1) is 11.1. The molecule has 2 aromatic carbocycles. The Bertz CT molecular complexity index is 893. The van der Waals surface area contributed by atoms with Crippen molar-refractivity contribution in [2.24, 2.45) is 0 Å². The number of pyridine rings is 1. The van der Waals surface area contributed by atoms with E-state index in [2.05, 4.69) is 36.3 Å². The van der Waals surface area contributed by atoms with Crippen LogP contribution in [0.4, 0.5) is 5.69 Å². The van der Waals surface area contributed by atoms with E-state index in [9.17, 15) is 4.79 Å². The van der Waals surface area contributed by atoms with Crippen molar-refractivity contribution >= 4 is 16.6 Å². The summed E-state index contributed by atoms with van der Waals surface area (Å²) in [7, 11) is 1.61. The lowest BCUT2D eigenvalue weighted by Gasteiger charge is -2.12. The third-order valence-corrected chi connectivity index (χ3v) is 4.07. The number of para-hydroxylation sites is 1. The molecular formula is C19H20N2O2. The molecule has 4 nitrogen and oxygen atoms in total. The van der Waals surface area contributed by atoms with Crippen molar-refractivity contribution in [3.8, 4) is 5.75 Å². The lowest BCUT2D eigenvalue weighted by Crippen LogP contribution is -2.16. The quantitative estimate of drug-likeness (QED) is 0.771. The summed E-state index contributed by atoms with van der Waals surface area (Å²) < 4.78 is 5.19. The number of anilines is 1. The minimum Gasteiger partial charge on any atom is -0.497 e. The fraction of sp³-hybridized carbons (Fsp3) is 0.211. The molecule has 1 aromatic heterocycles. The highest BCUT2D eigenvalue weighted by Gasteiger charge is 2.06. The van der Waals surface area contributed by atoms with Crippen molar-refractivity contribution in [2.45, 2.75) is 20.4 Å². The molecule has 3 aromatic rings. The lowest BCUT2D eigenvalue weighted by molar-refractivity contribution is 0.415. The number of aromatic nitrogens is 1. The normalized spacial score (nSPS) is 10.7. The topological polar surface area (TPSA) is 54.1 Å². The lowest BCUT2D eigenvalue weighted by atomic mass is 10.1. The molecule has 118 valence electrons. The van der Waals surface area contributed by atoms with Gasteiger partial charge in [0, 0.05) is 23.9 Å². The number of ether oxygens (including phenoxy) is 1. The molecule has 4 heteroatoms. The van der Waals surface area contributed by atoms with Gasteiger partial charge in [-0.2, -0.15) is 0 Å². The van der Waals surface area contributed by atoms with Crippen LogP contribution in [0.15, 0.2) is 47.3 Å². The largest absolute Gasteiger partial charge is 0.497 e. The van der Waals surface area contributed by atoms with Gasteiger partial charge in [0.05, 0.1) is 12.6 Å². The molecule has 0 unspecified atom stereocenters. The number of hydrogen-bond donors (Lipinski definition) is 2. The molecule has 0 aliphatic rings. The average Bonchev–Trinajstić information content (AvgIpc) is 2.54. The maximum atomic E-state index is 12.3. The number of nitrogens with one attached hydrogen (secondary N) is 2. The fourth-order valence-corrected chi connectivity index (χ4v) is 2.76. The van der Waals surface area contributed by atoms with Crippen molar-refractivity contribution in [2.75, 3.05) is 12.4 Å². The highest BCUT2D eigenvalue weighted by molar-refractivity contribution is 5.80. The summed E-state index contributed by atoms with van der Waals surface area (Å²) >= 11 is 0. The van der Waals surface area contributed by atoms with Gasteiger partial charge in [0.25, 0.3) is 5.56 Å². The van der Waals surface area contributed by atoms with Gasteiger partial charge in [-0.3, -0.25) is 4.79 Å². The summed E-state index contributed by atoms with van der Waals surface area (Å²) in [6.07, 6.45) is 0. The average molecular weight is 308 g/mol. The van der Waals surface area contributed by atoms with Crippen molar-refractivity contribution in [3.63, 3.8) is 0 Å². The Labute approximate surface area is 135 Å². The van der Waals surface area contributed by atoms with Crippen LogP contribution in [-0.2, 0) is 6.54 Å². The summed E-state index contributed by atoms with van der Waals surface area (Å²) in [6.45, 7) is 4.61. The maximum absolute atomic E-state index is 12.3. The first-order valence-corrected chi connectivity index (χ1v) is 7.58. The third-order valence-electron chi connectivity index (χ3n) is 4.07. The summed E-state index contributed by atoms with van der Waals surface area (Å²) in [4.78, 5) is 15.2. The second-order valence-electron chi connectivity index (χ2n) is 5.70. The van der Waals surface area contributed by atoms with Crippen LogP contribution in [-0.4, -0.2) is 12.1 Å². The standard InChI is InChI=1S/C19H20N2O2/c1-12-5-4-6-13(2)18(12)20-11-15-9-14-7-8-16(23-3)10-17(14)21-19(15)22/h4-10,20H,11H2,1-3H3,(H,21,22). The molecule has 0 aliphatic heterocycles. The Morgan fingerprint density at radius 1 is 1.09 bits per heavy atom. The zero-order chi connectivity index (χ0) is 16.4. The SMILES string of the molecule is COc1ccc2cc(CNc3c(C)cccc3C)c(=O)[nH]c2c1. The number of rotatable bonds is 4. The van der Waals surface area contributed by atoms with E-state index < -0.39 is 0 Å². The van der Waals surface area contributed by atoms with Gasteiger partial charge in [-0.05, 0) is 48.6 Å². The van der Waals surface area contributed by atoms with E-state index in [0.717, 1.165) is 22.3 Å². The summed E-state index contributed by atoms with van der Waals surface area (Å²) in [5, 5.41) is 4.37. The summed E-state index contributed by atoms with van der Waals surface area (Å²) in [5.74, 6) is 0.731. The van der Waals surface area contributed by atoms with Crippen LogP contribution < -0.4 is 15.6 Å². The molecule has 0 saturated heterocycles. The van der Waals surface area contributed by atoms with Crippen LogP contribution in [0.5, 0.6) is 5.75 Å². The van der Waals surface area contributed by atoms with Crippen LogP contribution in [0.25, 0.3) is 10.9 Å². The number of aryl methyl sites for hydroxylation is 2. The van der Waals surface area contributed by atoms with Crippen molar-refractivity contribution < 1.29 is 4.74 Å². The molecule has 0 fully saturated rings. The maximum Gasteiger partial charge on any atom is 0.253 e. The number of methoxy groups -OCH3 is 1. The van der Waals surface area contributed by atoms with Gasteiger partial charge >= 0.3 is 0 Å². The number of fused-ring (bicyclic) bond motifs is 1. The number of hydrogen-bond acceptors (Lipinski definition) is 3. The Morgan fingerprint density at radius 3 is 2.52 bits per heavy atom. The second kappa shape index (κ2) is 6.16. The monoisotopic (exact) mass is 308 g/mol. The van der Waals surface area contributed by atoms with Gasteiger partial charge in [-0.15, -0.1) is 0 Å². The van der Waals surface area contributed by atoms with E-state index in [4.69, 9.17) is 4.74 Å². The van der Waals surface area contributed by atoms with E-state index in [1.165, 1.54) is 11.1 Å². The molecule has 0 aliphatic carbocycles. The van der Waals surface area contributed by atoms with Crippen molar-refractivity contribution in [1.29, 1.82) is 0 Å². The predicted octanol–water partition coefficient (Wildman–Crippen LogP) is 3.77. The van der Waals surface area contributed by atoms with Gasteiger partial charge in [0.2, 0.25) is 0 Å². The molecular weight excluding hydrogens is 288 g/mol. The highest BCUT2D eigenvalue weighted by atomic mass is 16.5. The van der Waals surface area contributed by atoms with Gasteiger partial charge in [0.15, 0.2) is 0 Å². The Hall–Kier alpha value is -2.75. The summed E-state index contributed by atoms with van der Waals surface area (Å²) in [6, 6.07) is 13.8. The predicted molar refractivity (Wildman–Crippen MR) is 94.4 cm³/mol. The van der Waals surface area contributed by atoms with Crippen LogP contribution >= 0.6 is 0 Å². The molecule has 1 heterocycles. The van der Waals surface area contributed by atoms with Crippen molar-refractivity contribution in [1.82, 2.24) is 4.98 Å². The van der Waals surface area contributed by atoms with Gasteiger partial charge < -0.3 is 15.0 Å². The molecule has 0 bridgehead atoms. The molecule has 23 heavy (non-hydrogen) atoms. The Morgan fingerprint density at radius 2 is 1.83 bits per heavy atom. The fourth-order valence-electron chi connectivity index (χ4n) is 2.76. The van der Waals surface area contributed by atoms with Crippen LogP contribution in [0.2, 0.25) is 0 Å². The minimum absolute atomic E-state index is 0.0792. The first kappa shape index (κ1) is 15.2. The molecule has 0 amide bonds. The van der Waals surface area contributed by atoms with Gasteiger partial charge in [0.1, 0.15) is 5.75 Å². The zero-order valence-electron chi connectivity index (χ0n) is 13.6. The molecule has 2 N–H and O–H groups in total. The smallest absolute Gasteiger partial charge is 0.253 e. The minimum atomic E-state index is -0.0792. The number of H-pyrrole nitrogens is 1. The van der Waals surface area contributed by atoms with E-state index in [1.807, 2.05) is 30.3 Å². The van der Waals surface area contributed by atoms with E-state index in [-0.39, 0.29) is 5.56 Å². The number of aromatic amines is 1. The van der Waals surface area contributed by atoms with Crippen molar-refractivity contribution in [3.05, 3.63) is 69.5 Å². The zero-order valence-corrected chi connectivity index (χ0v) is 13.6. The van der Waals surface area contributed by atoms with E-state index in [1.54, 1.807) is 7.11 Å². The molecule has 0 saturated carbocycles. The molecule has 0 radical (unpaired) electrons. The molecule has 0 spiro atoms. The highest BCUT2D eigenvalue weighted by Crippen LogP contribution is 2.21. The second-order valence-corrected chi connectivity index (χ2v) is 5.70. The Balaban J connectivity index is 1.91. The molecule has 0 atom stereocenters. The third kappa shape index (κ3) is 3.06. The van der Waals surface area contributed by atoms with Gasteiger partial charge in [-0.1, -0.05) is 18.2 Å². The van der Waals surface area contributed by atoms with Crippen LogP contribution in [0.1, 0.15) is 16.7 Å². The number of benzene rings is 2. The van der Waals surface area contributed by atoms with Gasteiger partial charge in [-0.25, -0.2) is 0 Å². The van der Waals surface area contributed by atoms with E-state index in [0.29, 0.717) is 12.1 Å².